The van der Waals surface area contributed by atoms with Gasteiger partial charge in [-0.1, -0.05) is 6.92 Å². The number of sulfone groups is 1. The second kappa shape index (κ2) is 4.09. The Balaban J connectivity index is 2.31. The summed E-state index contributed by atoms with van der Waals surface area (Å²) in [5.74, 6) is 0.567. The molecule has 0 saturated carbocycles. The van der Waals surface area contributed by atoms with Gasteiger partial charge in [-0.3, -0.25) is 0 Å². The van der Waals surface area contributed by atoms with E-state index < -0.39 is 9.84 Å². The lowest BCUT2D eigenvalue weighted by Crippen LogP contribution is -2.36. The Labute approximate surface area is 99.8 Å². The van der Waals surface area contributed by atoms with Crippen LogP contribution < -0.4 is 5.73 Å². The Kier molecular flexibility index (Phi) is 3.07. The van der Waals surface area contributed by atoms with E-state index in [-0.39, 0.29) is 11.2 Å². The van der Waals surface area contributed by atoms with E-state index >= 15 is 0 Å². The van der Waals surface area contributed by atoms with E-state index in [9.17, 15) is 8.42 Å². The summed E-state index contributed by atoms with van der Waals surface area (Å²) in [7, 11) is -2.89. The zero-order chi connectivity index (χ0) is 11.8. The van der Waals surface area contributed by atoms with E-state index in [1.807, 2.05) is 6.92 Å². The van der Waals surface area contributed by atoms with Crippen LogP contribution in [0.15, 0.2) is 6.20 Å². The van der Waals surface area contributed by atoms with Crippen molar-refractivity contribution in [2.45, 2.75) is 31.7 Å². The SMILES string of the molecule is CC1(c2cnc(CN)s2)CCCS(=O)(=O)C1. The molecule has 16 heavy (non-hydrogen) atoms. The molecule has 1 atom stereocenters. The summed E-state index contributed by atoms with van der Waals surface area (Å²) in [6, 6.07) is 0. The number of rotatable bonds is 2. The molecule has 0 radical (unpaired) electrons. The topological polar surface area (TPSA) is 73.0 Å². The molecule has 1 aromatic heterocycles. The van der Waals surface area contributed by atoms with Gasteiger partial charge in [0.15, 0.2) is 9.84 Å². The van der Waals surface area contributed by atoms with Crippen LogP contribution in [0.25, 0.3) is 0 Å². The van der Waals surface area contributed by atoms with Crippen molar-refractivity contribution >= 4 is 21.2 Å². The Bertz CT molecular complexity index is 481. The summed E-state index contributed by atoms with van der Waals surface area (Å²) < 4.78 is 23.4. The molecule has 1 fully saturated rings. The van der Waals surface area contributed by atoms with E-state index in [4.69, 9.17) is 5.73 Å². The molecule has 1 aliphatic heterocycles. The molecule has 1 aliphatic rings. The fourth-order valence-corrected chi connectivity index (χ4v) is 5.25. The van der Waals surface area contributed by atoms with E-state index in [0.717, 1.165) is 22.7 Å². The lowest BCUT2D eigenvalue weighted by molar-refractivity contribution is 0.452. The maximum Gasteiger partial charge on any atom is 0.151 e. The molecule has 90 valence electrons. The van der Waals surface area contributed by atoms with Crippen LogP contribution in [0.2, 0.25) is 0 Å². The molecule has 2 heterocycles. The third kappa shape index (κ3) is 2.28. The van der Waals surface area contributed by atoms with Crippen LogP contribution in [0.5, 0.6) is 0 Å². The quantitative estimate of drug-likeness (QED) is 0.863. The van der Waals surface area contributed by atoms with Crippen LogP contribution in [0.1, 0.15) is 29.7 Å². The average Bonchev–Trinajstić information content (AvgIpc) is 2.64. The molecule has 0 spiro atoms. The molecular formula is C10H16N2O2S2. The molecule has 2 N–H and O–H groups in total. The van der Waals surface area contributed by atoms with E-state index in [1.165, 1.54) is 11.3 Å². The number of nitrogens with two attached hydrogens (primary N) is 1. The number of hydrogen-bond acceptors (Lipinski definition) is 5. The Morgan fingerprint density at radius 2 is 2.38 bits per heavy atom. The summed E-state index contributed by atoms with van der Waals surface area (Å²) >= 11 is 1.54. The molecule has 1 unspecified atom stereocenters. The molecule has 2 rings (SSSR count). The highest BCUT2D eigenvalue weighted by atomic mass is 32.2. The van der Waals surface area contributed by atoms with Crippen molar-refractivity contribution in [1.82, 2.24) is 4.98 Å². The highest BCUT2D eigenvalue weighted by Crippen LogP contribution is 2.37. The smallest absolute Gasteiger partial charge is 0.151 e. The predicted octanol–water partition coefficient (Wildman–Crippen LogP) is 1.07. The normalized spacial score (nSPS) is 29.1. The zero-order valence-corrected chi connectivity index (χ0v) is 10.9. The second-order valence-electron chi connectivity index (χ2n) is 4.58. The number of hydrogen-bond donors (Lipinski definition) is 1. The van der Waals surface area contributed by atoms with Crippen molar-refractivity contribution in [2.24, 2.45) is 5.73 Å². The molecular weight excluding hydrogens is 244 g/mol. The average molecular weight is 260 g/mol. The summed E-state index contributed by atoms with van der Waals surface area (Å²) in [6.45, 7) is 2.44. The van der Waals surface area contributed by atoms with Gasteiger partial charge >= 0.3 is 0 Å². The maximum atomic E-state index is 11.7. The van der Waals surface area contributed by atoms with E-state index in [1.54, 1.807) is 6.20 Å². The summed E-state index contributed by atoms with van der Waals surface area (Å²) in [6.07, 6.45) is 3.45. The minimum Gasteiger partial charge on any atom is -0.325 e. The van der Waals surface area contributed by atoms with Gasteiger partial charge in [-0.25, -0.2) is 13.4 Å². The highest BCUT2D eigenvalue weighted by molar-refractivity contribution is 7.91. The highest BCUT2D eigenvalue weighted by Gasteiger charge is 2.37. The van der Waals surface area contributed by atoms with Gasteiger partial charge in [0.1, 0.15) is 5.01 Å². The molecule has 0 amide bonds. The third-order valence-corrected chi connectivity index (χ3v) is 6.36. The van der Waals surface area contributed by atoms with Crippen LogP contribution in [-0.2, 0) is 21.8 Å². The van der Waals surface area contributed by atoms with Crippen molar-refractivity contribution in [3.05, 3.63) is 16.1 Å². The first-order chi connectivity index (χ1) is 7.45. The Morgan fingerprint density at radius 3 is 2.94 bits per heavy atom. The first kappa shape index (κ1) is 12.0. The molecule has 0 aliphatic carbocycles. The van der Waals surface area contributed by atoms with Crippen molar-refractivity contribution in [1.29, 1.82) is 0 Å². The van der Waals surface area contributed by atoms with Gasteiger partial charge in [0, 0.05) is 23.0 Å². The number of nitrogens with zero attached hydrogens (tertiary/aromatic N) is 1. The van der Waals surface area contributed by atoms with Crippen LogP contribution in [0.4, 0.5) is 0 Å². The molecule has 6 heteroatoms. The Hall–Kier alpha value is -0.460. The summed E-state index contributed by atoms with van der Waals surface area (Å²) in [5, 5.41) is 0.874. The van der Waals surface area contributed by atoms with Gasteiger partial charge in [-0.2, -0.15) is 0 Å². The largest absolute Gasteiger partial charge is 0.325 e. The third-order valence-electron chi connectivity index (χ3n) is 3.05. The molecule has 4 nitrogen and oxygen atoms in total. The minimum atomic E-state index is -2.89. The predicted molar refractivity (Wildman–Crippen MR) is 65.2 cm³/mol. The first-order valence-electron chi connectivity index (χ1n) is 5.31. The van der Waals surface area contributed by atoms with E-state index in [0.29, 0.717) is 12.3 Å². The zero-order valence-electron chi connectivity index (χ0n) is 9.27. The maximum absolute atomic E-state index is 11.7. The van der Waals surface area contributed by atoms with Crippen molar-refractivity contribution < 1.29 is 8.42 Å². The van der Waals surface area contributed by atoms with Crippen LogP contribution in [0.3, 0.4) is 0 Å². The van der Waals surface area contributed by atoms with E-state index in [2.05, 4.69) is 4.98 Å². The lowest BCUT2D eigenvalue weighted by Gasteiger charge is -2.31. The minimum absolute atomic E-state index is 0.242. The Morgan fingerprint density at radius 1 is 1.62 bits per heavy atom. The molecule has 0 aromatic carbocycles. The van der Waals surface area contributed by atoms with Gasteiger partial charge in [0.05, 0.1) is 11.5 Å². The van der Waals surface area contributed by atoms with Crippen LogP contribution in [-0.4, -0.2) is 24.9 Å². The van der Waals surface area contributed by atoms with Gasteiger partial charge in [-0.15, -0.1) is 11.3 Å². The summed E-state index contributed by atoms with van der Waals surface area (Å²) in [5.41, 5.74) is 5.26. The molecule has 1 aromatic rings. The van der Waals surface area contributed by atoms with Crippen LogP contribution >= 0.6 is 11.3 Å². The first-order valence-corrected chi connectivity index (χ1v) is 7.95. The van der Waals surface area contributed by atoms with Crippen molar-refractivity contribution in [3.63, 3.8) is 0 Å². The fourth-order valence-electron chi connectivity index (χ4n) is 2.19. The second-order valence-corrected chi connectivity index (χ2v) is 7.88. The number of thiazole rings is 1. The number of aromatic nitrogens is 1. The van der Waals surface area contributed by atoms with Crippen LogP contribution in [0, 0.1) is 0 Å². The van der Waals surface area contributed by atoms with Gasteiger partial charge < -0.3 is 5.73 Å². The van der Waals surface area contributed by atoms with Gasteiger partial charge in [0.25, 0.3) is 0 Å². The lowest BCUT2D eigenvalue weighted by atomic mass is 9.86. The monoisotopic (exact) mass is 260 g/mol. The van der Waals surface area contributed by atoms with Gasteiger partial charge in [-0.05, 0) is 12.8 Å². The molecule has 0 bridgehead atoms. The molecule has 1 saturated heterocycles. The fraction of sp³-hybridized carbons (Fsp3) is 0.700. The van der Waals surface area contributed by atoms with Crippen molar-refractivity contribution in [3.8, 4) is 0 Å². The van der Waals surface area contributed by atoms with Gasteiger partial charge in [0.2, 0.25) is 0 Å². The standard InChI is InChI=1S/C10H16N2O2S2/c1-10(3-2-4-16(13,14)7-10)8-6-12-9(5-11)15-8/h6H,2-5,7,11H2,1H3. The van der Waals surface area contributed by atoms with Crippen molar-refractivity contribution in [2.75, 3.05) is 11.5 Å². The summed E-state index contributed by atoms with van der Waals surface area (Å²) in [4.78, 5) is 5.25.